The molecule has 0 aliphatic heterocycles. The van der Waals surface area contributed by atoms with Gasteiger partial charge < -0.3 is 10.4 Å². The molecule has 1 aromatic rings. The van der Waals surface area contributed by atoms with Crippen molar-refractivity contribution in [3.8, 4) is 0 Å². The molecule has 1 atom stereocenters. The van der Waals surface area contributed by atoms with Crippen LogP contribution in [-0.2, 0) is 29.1 Å². The number of sulfonamides is 1. The second-order valence-electron chi connectivity index (χ2n) is 4.91. The first-order valence-corrected chi connectivity index (χ1v) is 9.80. The second-order valence-corrected chi connectivity index (χ2v) is 8.11. The number of anilines is 1. The van der Waals surface area contributed by atoms with Crippen LogP contribution in [0.1, 0.15) is 6.42 Å². The van der Waals surface area contributed by atoms with E-state index < -0.39 is 60.7 Å². The number of nitro benzene ring substituents is 1. The van der Waals surface area contributed by atoms with Crippen LogP contribution < -0.4 is 10.5 Å². The van der Waals surface area contributed by atoms with Crippen molar-refractivity contribution in [2.75, 3.05) is 18.2 Å². The molecule has 0 fully saturated rings. The van der Waals surface area contributed by atoms with Gasteiger partial charge in [-0.3, -0.25) is 19.1 Å². The number of nitrogens with two attached hydrogens (primary N) is 1. The molecule has 0 saturated heterocycles. The molecule has 0 bridgehead atoms. The molecule has 14 heteroatoms. The molecule has 1 unspecified atom stereocenters. The van der Waals surface area contributed by atoms with Gasteiger partial charge in [-0.1, -0.05) is 0 Å². The summed E-state index contributed by atoms with van der Waals surface area (Å²) in [5.41, 5.74) is -0.901. The number of carboxylic acids is 1. The van der Waals surface area contributed by atoms with Crippen LogP contribution in [0.5, 0.6) is 0 Å². The summed E-state index contributed by atoms with van der Waals surface area (Å²) >= 11 is 0. The second kappa shape index (κ2) is 7.73. The number of carboxylic acid groups (broad SMARTS) is 1. The summed E-state index contributed by atoms with van der Waals surface area (Å²) in [7, 11) is -8.05. The fourth-order valence-corrected chi connectivity index (χ4v) is 2.69. The van der Waals surface area contributed by atoms with Gasteiger partial charge in [0, 0.05) is 6.07 Å². The van der Waals surface area contributed by atoms with Crippen molar-refractivity contribution in [3.63, 3.8) is 0 Å². The maximum absolute atomic E-state index is 11.3. The number of primary sulfonamides is 1. The molecule has 0 spiro atoms. The molecule has 1 aromatic carbocycles. The van der Waals surface area contributed by atoms with Crippen LogP contribution in [0, 0.1) is 10.1 Å². The summed E-state index contributed by atoms with van der Waals surface area (Å²) in [6, 6.07) is 1.58. The van der Waals surface area contributed by atoms with Crippen molar-refractivity contribution >= 4 is 37.5 Å². The Bertz CT molecular complexity index is 880. The SMILES string of the molecule is CS(=O)(=O)OCC(CC(=O)O)Nc1ccc(S(N)(=O)=O)cc1[N+](=O)[O-]. The third-order valence-corrected chi connectivity index (χ3v) is 4.23. The smallest absolute Gasteiger partial charge is 0.305 e. The van der Waals surface area contributed by atoms with Gasteiger partial charge in [0.05, 0.1) is 35.1 Å². The lowest BCUT2D eigenvalue weighted by atomic mass is 10.2. The zero-order valence-corrected chi connectivity index (χ0v) is 14.4. The Balaban J connectivity index is 3.18. The summed E-state index contributed by atoms with van der Waals surface area (Å²) in [4.78, 5) is 20.6. The van der Waals surface area contributed by atoms with Crippen molar-refractivity contribution in [1.29, 1.82) is 0 Å². The van der Waals surface area contributed by atoms with Gasteiger partial charge in [0.25, 0.3) is 15.8 Å². The van der Waals surface area contributed by atoms with E-state index in [9.17, 15) is 31.7 Å². The molecule has 0 amide bonds. The van der Waals surface area contributed by atoms with Crippen LogP contribution in [0.2, 0.25) is 0 Å². The molecule has 0 saturated carbocycles. The fraction of sp³-hybridized carbons (Fsp3) is 0.364. The number of rotatable bonds is 9. The normalized spacial score (nSPS) is 13.2. The van der Waals surface area contributed by atoms with Gasteiger partial charge in [-0.05, 0) is 12.1 Å². The summed E-state index contributed by atoms with van der Waals surface area (Å²) < 4.78 is 49.1. The third kappa shape index (κ3) is 7.00. The van der Waals surface area contributed by atoms with E-state index in [-0.39, 0.29) is 5.69 Å². The number of benzene rings is 1. The molecular weight excluding hydrogens is 382 g/mol. The lowest BCUT2D eigenvalue weighted by molar-refractivity contribution is -0.384. The lowest BCUT2D eigenvalue weighted by Crippen LogP contribution is -2.30. The van der Waals surface area contributed by atoms with Gasteiger partial charge >= 0.3 is 5.97 Å². The highest BCUT2D eigenvalue weighted by molar-refractivity contribution is 7.89. The zero-order chi connectivity index (χ0) is 19.4. The average Bonchev–Trinajstić information content (AvgIpc) is 2.42. The average molecular weight is 397 g/mol. The number of carbonyl (C=O) groups is 1. The van der Waals surface area contributed by atoms with Crippen LogP contribution in [0.3, 0.4) is 0 Å². The molecule has 140 valence electrons. The molecular formula is C11H15N3O9S2. The first-order valence-electron chi connectivity index (χ1n) is 6.43. The highest BCUT2D eigenvalue weighted by atomic mass is 32.2. The van der Waals surface area contributed by atoms with Crippen molar-refractivity contribution in [3.05, 3.63) is 28.3 Å². The maximum Gasteiger partial charge on any atom is 0.305 e. The molecule has 1 rings (SSSR count). The lowest BCUT2D eigenvalue weighted by Gasteiger charge is -2.17. The minimum absolute atomic E-state index is 0.222. The van der Waals surface area contributed by atoms with Gasteiger partial charge in [0.1, 0.15) is 5.69 Å². The van der Waals surface area contributed by atoms with Gasteiger partial charge in [-0.25, -0.2) is 13.6 Å². The van der Waals surface area contributed by atoms with E-state index in [2.05, 4.69) is 9.50 Å². The minimum atomic E-state index is -4.18. The van der Waals surface area contributed by atoms with E-state index >= 15 is 0 Å². The molecule has 0 heterocycles. The molecule has 4 N–H and O–H groups in total. The van der Waals surface area contributed by atoms with Crippen molar-refractivity contribution in [2.45, 2.75) is 17.4 Å². The van der Waals surface area contributed by atoms with Crippen LogP contribution in [0.4, 0.5) is 11.4 Å². The number of nitro groups is 1. The van der Waals surface area contributed by atoms with Gasteiger partial charge in [0.2, 0.25) is 10.0 Å². The monoisotopic (exact) mass is 397 g/mol. The largest absolute Gasteiger partial charge is 0.481 e. The Morgan fingerprint density at radius 1 is 1.40 bits per heavy atom. The number of aliphatic carboxylic acids is 1. The van der Waals surface area contributed by atoms with Gasteiger partial charge in [-0.2, -0.15) is 8.42 Å². The molecule has 0 aliphatic rings. The van der Waals surface area contributed by atoms with E-state index in [4.69, 9.17) is 10.2 Å². The van der Waals surface area contributed by atoms with Gasteiger partial charge in [0.15, 0.2) is 0 Å². The predicted molar refractivity (Wildman–Crippen MR) is 84.9 cm³/mol. The standard InChI is InChI=1S/C11H15N3O9S2/c1-24(19,20)23-6-7(4-11(15)16)13-9-3-2-8(25(12,21)22)5-10(9)14(17)18/h2-3,5,7,13H,4,6H2,1H3,(H,15,16)(H2,12,21,22). The third-order valence-electron chi connectivity index (χ3n) is 2.76. The number of nitrogens with zero attached hydrogens (tertiary/aromatic N) is 1. The Morgan fingerprint density at radius 2 is 2.00 bits per heavy atom. The Kier molecular flexibility index (Phi) is 6.42. The van der Waals surface area contributed by atoms with Crippen molar-refractivity contribution < 1.29 is 35.8 Å². The quantitative estimate of drug-likeness (QED) is 0.277. The molecule has 12 nitrogen and oxygen atoms in total. The maximum atomic E-state index is 11.3. The van der Waals surface area contributed by atoms with Crippen LogP contribution in [0.25, 0.3) is 0 Å². The summed E-state index contributed by atoms with van der Waals surface area (Å²) in [6.07, 6.45) is 0.151. The summed E-state index contributed by atoms with van der Waals surface area (Å²) in [5.74, 6) is -1.31. The number of hydrogen-bond acceptors (Lipinski definition) is 9. The number of nitrogens with one attached hydrogen (secondary N) is 1. The highest BCUT2D eigenvalue weighted by Gasteiger charge is 2.23. The topological polar surface area (TPSA) is 196 Å². The van der Waals surface area contributed by atoms with E-state index in [0.29, 0.717) is 6.07 Å². The van der Waals surface area contributed by atoms with E-state index in [1.165, 1.54) is 0 Å². The molecule has 0 aromatic heterocycles. The molecule has 0 radical (unpaired) electrons. The first kappa shape index (κ1) is 20.8. The van der Waals surface area contributed by atoms with Crippen LogP contribution >= 0.6 is 0 Å². The zero-order valence-electron chi connectivity index (χ0n) is 12.8. The van der Waals surface area contributed by atoms with E-state index in [1.807, 2.05) is 0 Å². The molecule has 25 heavy (non-hydrogen) atoms. The van der Waals surface area contributed by atoms with Crippen molar-refractivity contribution in [2.24, 2.45) is 5.14 Å². The summed E-state index contributed by atoms with van der Waals surface area (Å²) in [6.45, 7) is -0.598. The Labute approximate surface area is 142 Å². The van der Waals surface area contributed by atoms with Crippen LogP contribution in [0.15, 0.2) is 23.1 Å². The number of hydrogen-bond donors (Lipinski definition) is 3. The highest BCUT2D eigenvalue weighted by Crippen LogP contribution is 2.28. The Hall–Kier alpha value is -2.29. The minimum Gasteiger partial charge on any atom is -0.481 e. The predicted octanol–water partition coefficient (Wildman–Crippen LogP) is -0.526. The fourth-order valence-electron chi connectivity index (χ4n) is 1.75. The van der Waals surface area contributed by atoms with Crippen LogP contribution in [-0.4, -0.2) is 51.7 Å². The van der Waals surface area contributed by atoms with Gasteiger partial charge in [-0.15, -0.1) is 0 Å². The Morgan fingerprint density at radius 3 is 2.44 bits per heavy atom. The summed E-state index contributed by atoms with van der Waals surface area (Å²) in [5, 5.41) is 27.3. The van der Waals surface area contributed by atoms with Crippen molar-refractivity contribution in [1.82, 2.24) is 0 Å². The first-order chi connectivity index (χ1) is 11.3. The van der Waals surface area contributed by atoms with E-state index in [0.717, 1.165) is 18.4 Å². The molecule has 0 aliphatic carbocycles. The van der Waals surface area contributed by atoms with E-state index in [1.54, 1.807) is 0 Å².